The van der Waals surface area contributed by atoms with Crippen LogP contribution in [0.2, 0.25) is 5.02 Å². The van der Waals surface area contributed by atoms with Crippen LogP contribution >= 0.6 is 27.5 Å². The number of hydrogen-bond acceptors (Lipinski definition) is 3. The maximum Gasteiger partial charge on any atom is 0.314 e. The minimum absolute atomic E-state index is 0.326. The van der Waals surface area contributed by atoms with Crippen molar-refractivity contribution < 1.29 is 14.3 Å². The SMILES string of the molecule is COc1ccc(Cl)cc1NC(=O)C(=O)Nc1ccc(Br)c(C)c1. The molecule has 0 saturated carbocycles. The van der Waals surface area contributed by atoms with E-state index in [4.69, 9.17) is 16.3 Å². The van der Waals surface area contributed by atoms with Crippen molar-refractivity contribution in [1.29, 1.82) is 0 Å². The third-order valence-corrected chi connectivity index (χ3v) is 4.16. The number of amides is 2. The zero-order valence-electron chi connectivity index (χ0n) is 12.4. The summed E-state index contributed by atoms with van der Waals surface area (Å²) in [5, 5.41) is 5.44. The van der Waals surface area contributed by atoms with Crippen LogP contribution in [0.1, 0.15) is 5.56 Å². The number of rotatable bonds is 3. The molecule has 23 heavy (non-hydrogen) atoms. The molecular weight excluding hydrogens is 384 g/mol. The smallest absolute Gasteiger partial charge is 0.314 e. The zero-order valence-corrected chi connectivity index (χ0v) is 14.8. The quantitative estimate of drug-likeness (QED) is 0.769. The lowest BCUT2D eigenvalue weighted by Gasteiger charge is -2.11. The molecule has 5 nitrogen and oxygen atoms in total. The number of hydrogen-bond donors (Lipinski definition) is 2. The van der Waals surface area contributed by atoms with Crippen molar-refractivity contribution in [2.75, 3.05) is 17.7 Å². The second-order valence-corrected chi connectivity index (χ2v) is 6.01. The Morgan fingerprint density at radius 2 is 1.78 bits per heavy atom. The van der Waals surface area contributed by atoms with Gasteiger partial charge in [-0.15, -0.1) is 0 Å². The summed E-state index contributed by atoms with van der Waals surface area (Å²) in [6.45, 7) is 1.89. The van der Waals surface area contributed by atoms with Crippen LogP contribution in [-0.2, 0) is 9.59 Å². The van der Waals surface area contributed by atoms with Gasteiger partial charge in [0, 0.05) is 15.2 Å². The Morgan fingerprint density at radius 3 is 2.43 bits per heavy atom. The topological polar surface area (TPSA) is 67.4 Å². The predicted octanol–water partition coefficient (Wildman–Crippen LogP) is 4.00. The van der Waals surface area contributed by atoms with Crippen LogP contribution in [0.5, 0.6) is 5.75 Å². The molecule has 2 N–H and O–H groups in total. The first-order valence-corrected chi connectivity index (χ1v) is 7.80. The van der Waals surface area contributed by atoms with Crippen LogP contribution in [0.25, 0.3) is 0 Å². The molecule has 2 aromatic carbocycles. The van der Waals surface area contributed by atoms with Crippen LogP contribution in [0, 0.1) is 6.92 Å². The predicted molar refractivity (Wildman–Crippen MR) is 94.1 cm³/mol. The molecule has 0 spiro atoms. The molecule has 0 atom stereocenters. The van der Waals surface area contributed by atoms with E-state index in [1.54, 1.807) is 30.3 Å². The van der Waals surface area contributed by atoms with Crippen LogP contribution in [0.3, 0.4) is 0 Å². The number of carbonyl (C=O) groups excluding carboxylic acids is 2. The van der Waals surface area contributed by atoms with E-state index in [9.17, 15) is 9.59 Å². The summed E-state index contributed by atoms with van der Waals surface area (Å²) in [7, 11) is 1.46. The molecule has 2 aromatic rings. The van der Waals surface area contributed by atoms with E-state index in [-0.39, 0.29) is 0 Å². The van der Waals surface area contributed by atoms with Gasteiger partial charge in [0.2, 0.25) is 0 Å². The van der Waals surface area contributed by atoms with Crippen molar-refractivity contribution in [3.63, 3.8) is 0 Å². The maximum atomic E-state index is 12.0. The summed E-state index contributed by atoms with van der Waals surface area (Å²) in [6.07, 6.45) is 0. The summed E-state index contributed by atoms with van der Waals surface area (Å²) in [4.78, 5) is 24.0. The Kier molecular flexibility index (Phi) is 5.63. The Labute approximate surface area is 147 Å². The van der Waals surface area contributed by atoms with Gasteiger partial charge < -0.3 is 15.4 Å². The van der Waals surface area contributed by atoms with Crippen LogP contribution in [-0.4, -0.2) is 18.9 Å². The summed E-state index contributed by atoms with van der Waals surface area (Å²) >= 11 is 9.26. The van der Waals surface area contributed by atoms with Gasteiger partial charge in [0.15, 0.2) is 0 Å². The van der Waals surface area contributed by atoms with Gasteiger partial charge in [-0.05, 0) is 48.9 Å². The highest BCUT2D eigenvalue weighted by atomic mass is 79.9. The van der Waals surface area contributed by atoms with Crippen molar-refractivity contribution in [1.82, 2.24) is 0 Å². The van der Waals surface area contributed by atoms with Crippen molar-refractivity contribution >= 4 is 50.7 Å². The highest BCUT2D eigenvalue weighted by molar-refractivity contribution is 9.10. The normalized spacial score (nSPS) is 10.1. The lowest BCUT2D eigenvalue weighted by Crippen LogP contribution is -2.29. The third-order valence-electron chi connectivity index (χ3n) is 3.03. The Balaban J connectivity index is 2.10. The Hall–Kier alpha value is -2.05. The second-order valence-electron chi connectivity index (χ2n) is 4.72. The number of halogens is 2. The van der Waals surface area contributed by atoms with Crippen LogP contribution in [0.4, 0.5) is 11.4 Å². The molecule has 7 heteroatoms. The fourth-order valence-corrected chi connectivity index (χ4v) is 2.29. The molecule has 0 aliphatic carbocycles. The van der Waals surface area contributed by atoms with E-state index in [1.807, 2.05) is 6.92 Å². The summed E-state index contributed by atoms with van der Waals surface area (Å²) < 4.78 is 6.04. The largest absolute Gasteiger partial charge is 0.495 e. The molecule has 2 amide bonds. The molecule has 0 aliphatic rings. The van der Waals surface area contributed by atoms with E-state index in [0.29, 0.717) is 22.1 Å². The summed E-state index contributed by atoms with van der Waals surface area (Å²) in [5.74, 6) is -1.19. The second kappa shape index (κ2) is 7.48. The molecule has 0 aromatic heterocycles. The first-order chi connectivity index (χ1) is 10.9. The van der Waals surface area contributed by atoms with Gasteiger partial charge in [-0.25, -0.2) is 0 Å². The lowest BCUT2D eigenvalue weighted by molar-refractivity contribution is -0.133. The molecule has 0 bridgehead atoms. The molecule has 2 rings (SSSR count). The van der Waals surface area contributed by atoms with Gasteiger partial charge in [0.1, 0.15) is 5.75 Å². The molecule has 0 radical (unpaired) electrons. The Bertz CT molecular complexity index is 765. The highest BCUT2D eigenvalue weighted by Crippen LogP contribution is 2.27. The molecule has 0 aliphatic heterocycles. The number of carbonyl (C=O) groups is 2. The van der Waals surface area contributed by atoms with Crippen LogP contribution in [0.15, 0.2) is 40.9 Å². The number of aryl methyl sites for hydroxylation is 1. The minimum Gasteiger partial charge on any atom is -0.495 e. The van der Waals surface area contributed by atoms with E-state index in [2.05, 4.69) is 26.6 Å². The summed E-state index contributed by atoms with van der Waals surface area (Å²) in [6, 6.07) is 9.99. The monoisotopic (exact) mass is 396 g/mol. The van der Waals surface area contributed by atoms with E-state index >= 15 is 0 Å². The average Bonchev–Trinajstić information content (AvgIpc) is 2.51. The number of methoxy groups -OCH3 is 1. The third kappa shape index (κ3) is 4.46. The van der Waals surface area contributed by atoms with Gasteiger partial charge in [0.25, 0.3) is 0 Å². The Morgan fingerprint density at radius 1 is 1.09 bits per heavy atom. The fraction of sp³-hybridized carbons (Fsp3) is 0.125. The molecular formula is C16H14BrClN2O3. The molecule has 0 saturated heterocycles. The van der Waals surface area contributed by atoms with Gasteiger partial charge in [0.05, 0.1) is 12.8 Å². The molecule has 120 valence electrons. The van der Waals surface area contributed by atoms with E-state index in [1.165, 1.54) is 13.2 Å². The number of nitrogens with one attached hydrogen (secondary N) is 2. The van der Waals surface area contributed by atoms with Crippen molar-refractivity contribution in [3.05, 3.63) is 51.5 Å². The fourth-order valence-electron chi connectivity index (χ4n) is 1.87. The number of anilines is 2. The standard InChI is InChI=1S/C16H14BrClN2O3/c1-9-7-11(4-5-12(9)17)19-15(21)16(22)20-13-8-10(18)3-6-14(13)23-2/h3-8H,1-2H3,(H,19,21)(H,20,22). The van der Waals surface area contributed by atoms with Gasteiger partial charge in [-0.2, -0.15) is 0 Å². The van der Waals surface area contributed by atoms with Crippen molar-refractivity contribution in [2.45, 2.75) is 6.92 Å². The maximum absolute atomic E-state index is 12.0. The first-order valence-electron chi connectivity index (χ1n) is 6.62. The first kappa shape index (κ1) is 17.3. The average molecular weight is 398 g/mol. The number of ether oxygens (including phenoxy) is 1. The van der Waals surface area contributed by atoms with Crippen LogP contribution < -0.4 is 15.4 Å². The van der Waals surface area contributed by atoms with E-state index < -0.39 is 11.8 Å². The zero-order chi connectivity index (χ0) is 17.0. The highest BCUT2D eigenvalue weighted by Gasteiger charge is 2.16. The number of benzene rings is 2. The van der Waals surface area contributed by atoms with Crippen molar-refractivity contribution in [2.24, 2.45) is 0 Å². The van der Waals surface area contributed by atoms with Gasteiger partial charge in [-0.1, -0.05) is 27.5 Å². The minimum atomic E-state index is -0.814. The van der Waals surface area contributed by atoms with Gasteiger partial charge >= 0.3 is 11.8 Å². The molecule has 0 unspecified atom stereocenters. The van der Waals surface area contributed by atoms with Gasteiger partial charge in [-0.3, -0.25) is 9.59 Å². The lowest BCUT2D eigenvalue weighted by atomic mass is 10.2. The molecule has 0 heterocycles. The molecule has 0 fully saturated rings. The van der Waals surface area contributed by atoms with E-state index in [0.717, 1.165) is 10.0 Å². The van der Waals surface area contributed by atoms with Crippen molar-refractivity contribution in [3.8, 4) is 5.75 Å². The summed E-state index contributed by atoms with van der Waals surface area (Å²) in [5.41, 5.74) is 1.80.